The lowest BCUT2D eigenvalue weighted by Gasteiger charge is -2.19. The van der Waals surface area contributed by atoms with Gasteiger partial charge in [0.2, 0.25) is 0 Å². The molecule has 1 heterocycles. The molecule has 0 radical (unpaired) electrons. The van der Waals surface area contributed by atoms with Crippen molar-refractivity contribution in [2.45, 2.75) is 26.2 Å². The van der Waals surface area contributed by atoms with Crippen LogP contribution in [0.2, 0.25) is 0 Å². The van der Waals surface area contributed by atoms with Crippen molar-refractivity contribution in [1.29, 1.82) is 0 Å². The highest BCUT2D eigenvalue weighted by atomic mass is 16.3. The number of phenolic OH excluding ortho intramolecular Hbond substituents is 1. The number of rotatable bonds is 2. The van der Waals surface area contributed by atoms with Crippen molar-refractivity contribution in [2.24, 2.45) is 4.99 Å². The molecule has 0 aliphatic carbocycles. The third-order valence-electron chi connectivity index (χ3n) is 2.87. The minimum absolute atomic E-state index is 0.0307. The maximum absolute atomic E-state index is 9.84. The molecule has 0 aliphatic rings. The molecule has 0 amide bonds. The van der Waals surface area contributed by atoms with E-state index in [4.69, 9.17) is 0 Å². The third-order valence-corrected chi connectivity index (χ3v) is 2.87. The molecular weight excluding hydrogens is 236 g/mol. The molecule has 1 aromatic heterocycles. The first-order valence-electron chi connectivity index (χ1n) is 6.25. The number of nitrogens with zero attached hydrogens (tertiary/aromatic N) is 2. The van der Waals surface area contributed by atoms with E-state index in [0.29, 0.717) is 5.69 Å². The highest BCUT2D eigenvalue weighted by Crippen LogP contribution is 2.32. The minimum atomic E-state index is 0.0307. The molecule has 0 spiro atoms. The van der Waals surface area contributed by atoms with Gasteiger partial charge in [0.05, 0.1) is 11.9 Å². The van der Waals surface area contributed by atoms with Crippen LogP contribution in [-0.4, -0.2) is 16.3 Å². The van der Waals surface area contributed by atoms with Crippen LogP contribution in [0.3, 0.4) is 0 Å². The molecule has 98 valence electrons. The zero-order valence-electron chi connectivity index (χ0n) is 11.5. The van der Waals surface area contributed by atoms with E-state index < -0.39 is 0 Å². The Hall–Kier alpha value is -2.16. The number of aromatic hydroxyl groups is 1. The van der Waals surface area contributed by atoms with E-state index in [-0.39, 0.29) is 11.2 Å². The van der Waals surface area contributed by atoms with Gasteiger partial charge in [-0.1, -0.05) is 32.9 Å². The molecule has 1 aromatic carbocycles. The lowest BCUT2D eigenvalue weighted by Crippen LogP contribution is -2.10. The van der Waals surface area contributed by atoms with Crippen LogP contribution in [0.15, 0.2) is 47.6 Å². The zero-order chi connectivity index (χ0) is 13.9. The van der Waals surface area contributed by atoms with E-state index in [1.165, 1.54) is 0 Å². The van der Waals surface area contributed by atoms with Crippen LogP contribution in [0.1, 0.15) is 32.0 Å². The molecule has 0 saturated heterocycles. The maximum Gasteiger partial charge on any atom is 0.141 e. The summed E-state index contributed by atoms with van der Waals surface area (Å²) < 4.78 is 0. The molecule has 3 heteroatoms. The molecule has 3 nitrogen and oxygen atoms in total. The summed E-state index contributed by atoms with van der Waals surface area (Å²) in [5.41, 5.74) is 2.50. The summed E-state index contributed by atoms with van der Waals surface area (Å²) in [5, 5.41) is 9.84. The van der Waals surface area contributed by atoms with Gasteiger partial charge in [0, 0.05) is 6.20 Å². The van der Waals surface area contributed by atoms with Gasteiger partial charge in [0.1, 0.15) is 11.4 Å². The molecule has 0 unspecified atom stereocenters. The van der Waals surface area contributed by atoms with E-state index in [9.17, 15) is 5.11 Å². The van der Waals surface area contributed by atoms with Gasteiger partial charge < -0.3 is 5.11 Å². The zero-order valence-corrected chi connectivity index (χ0v) is 11.5. The van der Waals surface area contributed by atoms with Crippen molar-refractivity contribution in [1.82, 2.24) is 4.98 Å². The molecule has 0 atom stereocenters. The molecule has 2 rings (SSSR count). The van der Waals surface area contributed by atoms with Gasteiger partial charge in [-0.2, -0.15) is 0 Å². The Kier molecular flexibility index (Phi) is 3.65. The van der Waals surface area contributed by atoms with Gasteiger partial charge in [0.15, 0.2) is 0 Å². The van der Waals surface area contributed by atoms with Crippen LogP contribution >= 0.6 is 0 Å². The van der Waals surface area contributed by atoms with Crippen molar-refractivity contribution >= 4 is 11.9 Å². The van der Waals surface area contributed by atoms with Crippen molar-refractivity contribution in [2.75, 3.05) is 0 Å². The van der Waals surface area contributed by atoms with Crippen LogP contribution in [0.25, 0.3) is 0 Å². The largest absolute Gasteiger partial charge is 0.506 e. The van der Waals surface area contributed by atoms with Crippen LogP contribution < -0.4 is 0 Å². The SMILES string of the molecule is CC(C)(C)c1ccc(O)c(N=Cc2ccccn2)c1. The molecule has 2 aromatic rings. The van der Waals surface area contributed by atoms with E-state index in [1.807, 2.05) is 30.3 Å². The second-order valence-electron chi connectivity index (χ2n) is 5.47. The lowest BCUT2D eigenvalue weighted by molar-refractivity contribution is 0.475. The summed E-state index contributed by atoms with van der Waals surface area (Å²) in [4.78, 5) is 8.48. The predicted octanol–water partition coefficient (Wildman–Crippen LogP) is 3.84. The number of pyridine rings is 1. The van der Waals surface area contributed by atoms with Crippen LogP contribution in [-0.2, 0) is 5.41 Å². The van der Waals surface area contributed by atoms with Crippen LogP contribution in [0.5, 0.6) is 5.75 Å². The number of hydrogen-bond donors (Lipinski definition) is 1. The fraction of sp³-hybridized carbons (Fsp3) is 0.250. The number of hydrogen-bond acceptors (Lipinski definition) is 3. The topological polar surface area (TPSA) is 45.5 Å². The number of benzene rings is 1. The van der Waals surface area contributed by atoms with E-state index in [2.05, 4.69) is 30.7 Å². The first-order chi connectivity index (χ1) is 8.97. The standard InChI is InChI=1S/C16H18N2O/c1-16(2,3)12-7-8-15(19)14(10-12)18-11-13-6-4-5-9-17-13/h4-11,19H,1-3H3. The predicted molar refractivity (Wildman–Crippen MR) is 78.3 cm³/mol. The molecule has 0 saturated carbocycles. The molecule has 0 bridgehead atoms. The first kappa shape index (κ1) is 13.3. The molecule has 19 heavy (non-hydrogen) atoms. The van der Waals surface area contributed by atoms with Crippen molar-refractivity contribution in [3.05, 3.63) is 53.9 Å². The van der Waals surface area contributed by atoms with Gasteiger partial charge >= 0.3 is 0 Å². The monoisotopic (exact) mass is 254 g/mol. The quantitative estimate of drug-likeness (QED) is 0.828. The normalized spacial score (nSPS) is 11.9. The van der Waals surface area contributed by atoms with Gasteiger partial charge in [-0.3, -0.25) is 9.98 Å². The summed E-state index contributed by atoms with van der Waals surface area (Å²) in [6.45, 7) is 6.39. The second kappa shape index (κ2) is 5.22. The summed E-state index contributed by atoms with van der Waals surface area (Å²) in [6, 6.07) is 11.2. The maximum atomic E-state index is 9.84. The van der Waals surface area contributed by atoms with Crippen LogP contribution in [0.4, 0.5) is 5.69 Å². The smallest absolute Gasteiger partial charge is 0.141 e. The van der Waals surface area contributed by atoms with Crippen molar-refractivity contribution in [3.63, 3.8) is 0 Å². The van der Waals surface area contributed by atoms with Gasteiger partial charge in [-0.05, 0) is 35.2 Å². The Morgan fingerprint density at radius 3 is 2.58 bits per heavy atom. The Bertz CT molecular complexity index is 583. The summed E-state index contributed by atoms with van der Waals surface area (Å²) in [5.74, 6) is 0.181. The van der Waals surface area contributed by atoms with Gasteiger partial charge in [-0.25, -0.2) is 0 Å². The Labute approximate surface area is 113 Å². The van der Waals surface area contributed by atoms with Gasteiger partial charge in [0.25, 0.3) is 0 Å². The van der Waals surface area contributed by atoms with E-state index in [1.54, 1.807) is 18.5 Å². The Balaban J connectivity index is 2.32. The molecule has 0 fully saturated rings. The number of aliphatic imine (C=N–C) groups is 1. The third kappa shape index (κ3) is 3.41. The van der Waals surface area contributed by atoms with E-state index in [0.717, 1.165) is 11.3 Å². The fourth-order valence-electron chi connectivity index (χ4n) is 1.68. The Morgan fingerprint density at radius 2 is 1.95 bits per heavy atom. The van der Waals surface area contributed by atoms with Crippen molar-refractivity contribution < 1.29 is 5.11 Å². The first-order valence-corrected chi connectivity index (χ1v) is 6.25. The molecule has 0 aliphatic heterocycles. The molecular formula is C16H18N2O. The highest BCUT2D eigenvalue weighted by Gasteiger charge is 2.15. The molecule has 1 N–H and O–H groups in total. The van der Waals surface area contributed by atoms with E-state index >= 15 is 0 Å². The van der Waals surface area contributed by atoms with Gasteiger partial charge in [-0.15, -0.1) is 0 Å². The van der Waals surface area contributed by atoms with Crippen LogP contribution in [0, 0.1) is 0 Å². The average Bonchev–Trinajstić information content (AvgIpc) is 2.37. The summed E-state index contributed by atoms with van der Waals surface area (Å²) in [6.07, 6.45) is 3.37. The Morgan fingerprint density at radius 1 is 1.16 bits per heavy atom. The summed E-state index contributed by atoms with van der Waals surface area (Å²) >= 11 is 0. The second-order valence-corrected chi connectivity index (χ2v) is 5.47. The average molecular weight is 254 g/mol. The summed E-state index contributed by atoms with van der Waals surface area (Å²) in [7, 11) is 0. The fourth-order valence-corrected chi connectivity index (χ4v) is 1.68. The number of phenols is 1. The number of aromatic nitrogens is 1. The van der Waals surface area contributed by atoms with Crippen molar-refractivity contribution in [3.8, 4) is 5.75 Å². The lowest BCUT2D eigenvalue weighted by atomic mass is 9.87. The minimum Gasteiger partial charge on any atom is -0.506 e. The highest BCUT2D eigenvalue weighted by molar-refractivity contribution is 5.80.